The molecule has 8 heteroatoms. The van der Waals surface area contributed by atoms with Crippen molar-refractivity contribution < 1.29 is 14.4 Å². The van der Waals surface area contributed by atoms with Gasteiger partial charge in [0.25, 0.3) is 5.91 Å². The van der Waals surface area contributed by atoms with Crippen molar-refractivity contribution in [1.82, 2.24) is 10.6 Å². The molecule has 0 radical (unpaired) electrons. The van der Waals surface area contributed by atoms with Gasteiger partial charge in [-0.25, -0.2) is 4.79 Å². The normalized spacial score (nSPS) is 21.9. The fourth-order valence-corrected chi connectivity index (χ4v) is 1.91. The van der Waals surface area contributed by atoms with Crippen LogP contribution < -0.4 is 21.7 Å². The fourth-order valence-electron chi connectivity index (χ4n) is 1.91. The number of hydrogen-bond acceptors (Lipinski definition) is 4. The van der Waals surface area contributed by atoms with Crippen LogP contribution in [0.1, 0.15) is 19.4 Å². The minimum absolute atomic E-state index is 0. The maximum absolute atomic E-state index is 11.8. The molecule has 2 rings (SSSR count). The van der Waals surface area contributed by atoms with Crippen LogP contribution in [0.3, 0.4) is 0 Å². The van der Waals surface area contributed by atoms with Crippen molar-refractivity contribution in [2.24, 2.45) is 5.73 Å². The Balaban J connectivity index is 0.00000220. The van der Waals surface area contributed by atoms with Gasteiger partial charge in [-0.3, -0.25) is 14.9 Å². The number of carbonyl (C=O) groups excluding carboxylic acids is 3. The summed E-state index contributed by atoms with van der Waals surface area (Å²) in [6.45, 7) is 3.17. The maximum Gasteiger partial charge on any atom is 0.322 e. The highest BCUT2D eigenvalue weighted by molar-refractivity contribution is 6.07. The molecular weight excluding hydrogens is 296 g/mol. The van der Waals surface area contributed by atoms with Crippen LogP contribution in [-0.4, -0.2) is 23.9 Å². The number of rotatable bonds is 3. The summed E-state index contributed by atoms with van der Waals surface area (Å²) in [5, 5.41) is 7.39. The summed E-state index contributed by atoms with van der Waals surface area (Å²) in [5.41, 5.74) is 5.42. The molecule has 4 amide bonds. The fraction of sp³-hybridized carbons (Fsp3) is 0.308. The molecule has 1 aromatic rings. The molecule has 1 aromatic carbocycles. The summed E-state index contributed by atoms with van der Waals surface area (Å²) in [4.78, 5) is 34.7. The molecule has 1 fully saturated rings. The van der Waals surface area contributed by atoms with E-state index in [1.807, 2.05) is 0 Å². The summed E-state index contributed by atoms with van der Waals surface area (Å²) in [7, 11) is 0. The number of anilines is 1. The quantitative estimate of drug-likeness (QED) is 0.607. The third kappa shape index (κ3) is 3.32. The highest BCUT2D eigenvalue weighted by Gasteiger charge is 2.43. The number of nitrogens with one attached hydrogen (secondary N) is 3. The van der Waals surface area contributed by atoms with E-state index in [0.29, 0.717) is 11.3 Å². The molecule has 1 unspecified atom stereocenters. The Morgan fingerprint density at radius 3 is 2.57 bits per heavy atom. The second-order valence-corrected chi connectivity index (χ2v) is 4.89. The zero-order valence-corrected chi connectivity index (χ0v) is 12.4. The SMILES string of the molecule is C[C@H](N)C(=O)Nc1cccc(C2(C)NC(=O)NC2=O)c1.Cl. The second-order valence-electron chi connectivity index (χ2n) is 4.89. The lowest BCUT2D eigenvalue weighted by molar-refractivity contribution is -0.123. The van der Waals surface area contributed by atoms with Crippen LogP contribution in [0.4, 0.5) is 10.5 Å². The lowest BCUT2D eigenvalue weighted by Crippen LogP contribution is -2.40. The summed E-state index contributed by atoms with van der Waals surface area (Å²) in [6.07, 6.45) is 0. The molecular formula is C13H17ClN4O3. The van der Waals surface area contributed by atoms with E-state index in [9.17, 15) is 14.4 Å². The Hall–Kier alpha value is -2.12. The predicted octanol–water partition coefficient (Wildman–Crippen LogP) is 0.449. The number of halogens is 1. The lowest BCUT2D eigenvalue weighted by atomic mass is 9.92. The molecule has 114 valence electrons. The highest BCUT2D eigenvalue weighted by atomic mass is 35.5. The topological polar surface area (TPSA) is 113 Å². The highest BCUT2D eigenvalue weighted by Crippen LogP contribution is 2.26. The first-order valence-electron chi connectivity index (χ1n) is 6.13. The van der Waals surface area contributed by atoms with Gasteiger partial charge in [0, 0.05) is 5.69 Å². The number of carbonyl (C=O) groups is 3. The number of imide groups is 1. The van der Waals surface area contributed by atoms with Crippen molar-refractivity contribution >= 4 is 35.9 Å². The van der Waals surface area contributed by atoms with Crippen molar-refractivity contribution in [3.63, 3.8) is 0 Å². The van der Waals surface area contributed by atoms with Crippen LogP contribution in [0, 0.1) is 0 Å². The van der Waals surface area contributed by atoms with Crippen molar-refractivity contribution in [1.29, 1.82) is 0 Å². The summed E-state index contributed by atoms with van der Waals surface area (Å²) in [6, 6.07) is 5.53. The number of nitrogens with two attached hydrogens (primary N) is 1. The first-order chi connectivity index (χ1) is 9.33. The maximum atomic E-state index is 11.8. The molecule has 0 bridgehead atoms. The average molecular weight is 313 g/mol. The van der Waals surface area contributed by atoms with Gasteiger partial charge in [0.05, 0.1) is 6.04 Å². The van der Waals surface area contributed by atoms with E-state index in [-0.39, 0.29) is 18.3 Å². The Bertz CT molecular complexity index is 591. The van der Waals surface area contributed by atoms with Crippen LogP contribution in [0.2, 0.25) is 0 Å². The van der Waals surface area contributed by atoms with E-state index in [2.05, 4.69) is 16.0 Å². The van der Waals surface area contributed by atoms with Gasteiger partial charge >= 0.3 is 6.03 Å². The first kappa shape index (κ1) is 16.9. The molecule has 0 saturated carbocycles. The van der Waals surface area contributed by atoms with Gasteiger partial charge in [-0.15, -0.1) is 12.4 Å². The van der Waals surface area contributed by atoms with Crippen LogP contribution in [0.5, 0.6) is 0 Å². The summed E-state index contributed by atoms with van der Waals surface area (Å²) < 4.78 is 0. The lowest BCUT2D eigenvalue weighted by Gasteiger charge is -2.21. The van der Waals surface area contributed by atoms with Gasteiger partial charge in [-0.2, -0.15) is 0 Å². The molecule has 1 saturated heterocycles. The minimum Gasteiger partial charge on any atom is -0.325 e. The van der Waals surface area contributed by atoms with Crippen LogP contribution in [0.25, 0.3) is 0 Å². The third-order valence-electron chi connectivity index (χ3n) is 3.17. The van der Waals surface area contributed by atoms with Crippen LogP contribution in [0.15, 0.2) is 24.3 Å². The number of amides is 4. The monoisotopic (exact) mass is 312 g/mol. The number of urea groups is 1. The minimum atomic E-state index is -1.15. The largest absolute Gasteiger partial charge is 0.325 e. The van der Waals surface area contributed by atoms with E-state index in [1.54, 1.807) is 38.1 Å². The van der Waals surface area contributed by atoms with Gasteiger partial charge < -0.3 is 16.4 Å². The Kier molecular flexibility index (Phi) is 4.93. The van der Waals surface area contributed by atoms with Crippen molar-refractivity contribution in [3.05, 3.63) is 29.8 Å². The molecule has 1 aliphatic rings. The average Bonchev–Trinajstić information content (AvgIpc) is 2.64. The van der Waals surface area contributed by atoms with Crippen LogP contribution in [-0.2, 0) is 15.1 Å². The van der Waals surface area contributed by atoms with Crippen molar-refractivity contribution in [2.75, 3.05) is 5.32 Å². The zero-order valence-electron chi connectivity index (χ0n) is 11.6. The molecule has 21 heavy (non-hydrogen) atoms. The van der Waals surface area contributed by atoms with Crippen molar-refractivity contribution in [3.8, 4) is 0 Å². The molecule has 2 atom stereocenters. The second kappa shape index (κ2) is 6.11. The third-order valence-corrected chi connectivity index (χ3v) is 3.17. The smallest absolute Gasteiger partial charge is 0.322 e. The first-order valence-corrected chi connectivity index (χ1v) is 6.13. The van der Waals surface area contributed by atoms with E-state index < -0.39 is 23.5 Å². The summed E-state index contributed by atoms with van der Waals surface area (Å²) in [5.74, 6) is -0.759. The Morgan fingerprint density at radius 1 is 1.38 bits per heavy atom. The van der Waals surface area contributed by atoms with E-state index in [1.165, 1.54) is 0 Å². The van der Waals surface area contributed by atoms with Gasteiger partial charge in [0.2, 0.25) is 5.91 Å². The molecule has 5 N–H and O–H groups in total. The Labute approximate surface area is 128 Å². The molecule has 1 aliphatic heterocycles. The van der Waals surface area contributed by atoms with Crippen LogP contribution >= 0.6 is 12.4 Å². The Morgan fingerprint density at radius 2 is 2.05 bits per heavy atom. The zero-order chi connectivity index (χ0) is 14.9. The van der Waals surface area contributed by atoms with Gasteiger partial charge in [0.1, 0.15) is 5.54 Å². The van der Waals surface area contributed by atoms with E-state index in [0.717, 1.165) is 0 Å². The standard InChI is InChI=1S/C13H16N4O3.ClH/c1-7(14)10(18)15-9-5-3-4-8(6-9)13(2)11(19)16-12(20)17-13;/h3-7H,14H2,1-2H3,(H,15,18)(H2,16,17,19,20);1H/t7-,13?;/m0./s1. The predicted molar refractivity (Wildman–Crippen MR) is 80.0 cm³/mol. The van der Waals surface area contributed by atoms with Gasteiger partial charge in [-0.05, 0) is 31.5 Å². The van der Waals surface area contributed by atoms with E-state index in [4.69, 9.17) is 5.73 Å². The molecule has 0 spiro atoms. The molecule has 1 heterocycles. The molecule has 7 nitrogen and oxygen atoms in total. The van der Waals surface area contributed by atoms with E-state index >= 15 is 0 Å². The summed E-state index contributed by atoms with van der Waals surface area (Å²) >= 11 is 0. The van der Waals surface area contributed by atoms with Gasteiger partial charge in [-0.1, -0.05) is 12.1 Å². The number of benzene rings is 1. The number of hydrogen-bond donors (Lipinski definition) is 4. The van der Waals surface area contributed by atoms with Gasteiger partial charge in [0.15, 0.2) is 0 Å². The molecule has 0 aliphatic carbocycles. The molecule has 0 aromatic heterocycles. The van der Waals surface area contributed by atoms with Crippen molar-refractivity contribution in [2.45, 2.75) is 25.4 Å².